The molecule has 1 fully saturated rings. The Morgan fingerprint density at radius 3 is 2.50 bits per heavy atom. The molecular weight excluding hydrogens is 278 g/mol. The van der Waals surface area contributed by atoms with Gasteiger partial charge in [0.05, 0.1) is 13.7 Å². The molecule has 1 amide bonds. The van der Waals surface area contributed by atoms with E-state index in [9.17, 15) is 4.79 Å². The summed E-state index contributed by atoms with van der Waals surface area (Å²) in [4.78, 5) is 11.8. The van der Waals surface area contributed by atoms with Gasteiger partial charge in [-0.15, -0.1) is 0 Å². The third-order valence-electron chi connectivity index (χ3n) is 4.26. The molecule has 1 aliphatic rings. The number of ether oxygens (including phenoxy) is 2. The van der Waals surface area contributed by atoms with Gasteiger partial charge < -0.3 is 14.8 Å². The summed E-state index contributed by atoms with van der Waals surface area (Å²) >= 11 is 0. The molecule has 122 valence electrons. The van der Waals surface area contributed by atoms with Crippen LogP contribution < -0.4 is 14.8 Å². The summed E-state index contributed by atoms with van der Waals surface area (Å²) < 4.78 is 10.7. The molecule has 2 rings (SSSR count). The van der Waals surface area contributed by atoms with Crippen molar-refractivity contribution in [3.05, 3.63) is 24.3 Å². The Bertz CT molecular complexity index is 438. The highest BCUT2D eigenvalue weighted by Gasteiger charge is 2.14. The maximum Gasteiger partial charge on any atom is 0.220 e. The van der Waals surface area contributed by atoms with Crippen molar-refractivity contribution >= 4 is 5.91 Å². The van der Waals surface area contributed by atoms with E-state index in [0.29, 0.717) is 19.6 Å². The Balaban J connectivity index is 1.54. The quantitative estimate of drug-likeness (QED) is 0.747. The van der Waals surface area contributed by atoms with Gasteiger partial charge in [-0.1, -0.05) is 32.1 Å². The summed E-state index contributed by atoms with van der Waals surface area (Å²) in [6, 6.07) is 7.45. The number of carbonyl (C=O) groups excluding carboxylic acids is 1. The lowest BCUT2D eigenvalue weighted by molar-refractivity contribution is -0.121. The number of nitrogens with one attached hydrogen (secondary N) is 1. The van der Waals surface area contributed by atoms with Gasteiger partial charge in [-0.25, -0.2) is 0 Å². The van der Waals surface area contributed by atoms with E-state index >= 15 is 0 Å². The predicted molar refractivity (Wildman–Crippen MR) is 87.3 cm³/mol. The molecule has 0 aliphatic heterocycles. The minimum atomic E-state index is 0.143. The molecule has 0 unspecified atom stereocenters. The molecule has 4 heteroatoms. The average Bonchev–Trinajstić information content (AvgIpc) is 2.58. The Morgan fingerprint density at radius 2 is 1.82 bits per heavy atom. The first-order valence-electron chi connectivity index (χ1n) is 8.31. The summed E-state index contributed by atoms with van der Waals surface area (Å²) in [6.07, 6.45) is 8.31. The normalized spacial score (nSPS) is 15.3. The van der Waals surface area contributed by atoms with E-state index in [1.165, 1.54) is 32.1 Å². The molecule has 0 aromatic heterocycles. The van der Waals surface area contributed by atoms with Gasteiger partial charge in [-0.2, -0.15) is 0 Å². The van der Waals surface area contributed by atoms with Crippen LogP contribution >= 0.6 is 0 Å². The zero-order valence-electron chi connectivity index (χ0n) is 13.5. The third-order valence-corrected chi connectivity index (χ3v) is 4.26. The van der Waals surface area contributed by atoms with E-state index in [4.69, 9.17) is 9.47 Å². The standard InChI is InChI=1S/C18H27NO3/c1-21-16-8-10-17(11-9-16)22-14-13-19-18(20)12-7-15-5-3-2-4-6-15/h8-11,15H,2-7,12-14H2,1H3,(H,19,20). The molecule has 0 radical (unpaired) electrons. The third kappa shape index (κ3) is 5.96. The minimum Gasteiger partial charge on any atom is -0.497 e. The van der Waals surface area contributed by atoms with Crippen LogP contribution in [0.2, 0.25) is 0 Å². The second-order valence-corrected chi connectivity index (χ2v) is 5.92. The van der Waals surface area contributed by atoms with Crippen molar-refractivity contribution in [2.75, 3.05) is 20.3 Å². The van der Waals surface area contributed by atoms with Crippen LogP contribution in [-0.4, -0.2) is 26.2 Å². The van der Waals surface area contributed by atoms with Crippen LogP contribution in [-0.2, 0) is 4.79 Å². The fourth-order valence-electron chi connectivity index (χ4n) is 2.93. The summed E-state index contributed by atoms with van der Waals surface area (Å²) in [7, 11) is 1.64. The topological polar surface area (TPSA) is 47.6 Å². The minimum absolute atomic E-state index is 0.143. The Kier molecular flexibility index (Phi) is 7.07. The highest BCUT2D eigenvalue weighted by Crippen LogP contribution is 2.27. The summed E-state index contributed by atoms with van der Waals surface area (Å²) in [5.74, 6) is 2.50. The van der Waals surface area contributed by atoms with Crippen molar-refractivity contribution < 1.29 is 14.3 Å². The van der Waals surface area contributed by atoms with Crippen LogP contribution in [0.1, 0.15) is 44.9 Å². The first-order valence-corrected chi connectivity index (χ1v) is 8.31. The van der Waals surface area contributed by atoms with E-state index in [2.05, 4.69) is 5.32 Å². The molecule has 1 aromatic carbocycles. The Morgan fingerprint density at radius 1 is 1.14 bits per heavy atom. The number of hydrogen-bond donors (Lipinski definition) is 1. The van der Waals surface area contributed by atoms with E-state index in [1.54, 1.807) is 7.11 Å². The van der Waals surface area contributed by atoms with Crippen LogP contribution in [0.5, 0.6) is 11.5 Å². The van der Waals surface area contributed by atoms with Crippen LogP contribution in [0.25, 0.3) is 0 Å². The lowest BCUT2D eigenvalue weighted by Gasteiger charge is -2.20. The molecule has 0 saturated heterocycles. The highest BCUT2D eigenvalue weighted by atomic mass is 16.5. The van der Waals surface area contributed by atoms with Crippen molar-refractivity contribution in [1.82, 2.24) is 5.32 Å². The number of amides is 1. The zero-order chi connectivity index (χ0) is 15.6. The predicted octanol–water partition coefficient (Wildman–Crippen LogP) is 3.55. The molecule has 0 spiro atoms. The molecule has 22 heavy (non-hydrogen) atoms. The molecule has 4 nitrogen and oxygen atoms in total. The Hall–Kier alpha value is -1.71. The Labute approximate surface area is 133 Å². The van der Waals surface area contributed by atoms with Gasteiger partial charge in [0.2, 0.25) is 5.91 Å². The van der Waals surface area contributed by atoms with E-state index in [1.807, 2.05) is 24.3 Å². The van der Waals surface area contributed by atoms with Gasteiger partial charge in [0.15, 0.2) is 0 Å². The number of benzene rings is 1. The second kappa shape index (κ2) is 9.34. The van der Waals surface area contributed by atoms with E-state index < -0.39 is 0 Å². The molecule has 0 heterocycles. The van der Waals surface area contributed by atoms with Gasteiger partial charge >= 0.3 is 0 Å². The first kappa shape index (κ1) is 16.7. The average molecular weight is 305 g/mol. The molecule has 0 bridgehead atoms. The van der Waals surface area contributed by atoms with Crippen molar-refractivity contribution in [3.8, 4) is 11.5 Å². The fourth-order valence-corrected chi connectivity index (χ4v) is 2.93. The van der Waals surface area contributed by atoms with Crippen LogP contribution in [0.3, 0.4) is 0 Å². The maximum atomic E-state index is 11.8. The van der Waals surface area contributed by atoms with E-state index in [0.717, 1.165) is 23.8 Å². The molecule has 1 aromatic rings. The number of methoxy groups -OCH3 is 1. The van der Waals surface area contributed by atoms with Crippen LogP contribution in [0.4, 0.5) is 0 Å². The lowest BCUT2D eigenvalue weighted by Crippen LogP contribution is -2.28. The zero-order valence-corrected chi connectivity index (χ0v) is 13.5. The number of rotatable bonds is 8. The van der Waals surface area contributed by atoms with Crippen molar-refractivity contribution in [2.45, 2.75) is 44.9 Å². The maximum absolute atomic E-state index is 11.8. The molecule has 1 aliphatic carbocycles. The van der Waals surface area contributed by atoms with Crippen LogP contribution in [0.15, 0.2) is 24.3 Å². The summed E-state index contributed by atoms with van der Waals surface area (Å²) in [5.41, 5.74) is 0. The summed E-state index contributed by atoms with van der Waals surface area (Å²) in [6.45, 7) is 1.04. The van der Waals surface area contributed by atoms with Gasteiger partial charge in [-0.3, -0.25) is 4.79 Å². The van der Waals surface area contributed by atoms with Crippen LogP contribution in [0, 0.1) is 5.92 Å². The smallest absolute Gasteiger partial charge is 0.220 e. The SMILES string of the molecule is COc1ccc(OCCNC(=O)CCC2CCCCC2)cc1. The van der Waals surface area contributed by atoms with Gasteiger partial charge in [0.1, 0.15) is 18.1 Å². The van der Waals surface area contributed by atoms with Gasteiger partial charge in [0.25, 0.3) is 0 Å². The summed E-state index contributed by atoms with van der Waals surface area (Å²) in [5, 5.41) is 2.93. The monoisotopic (exact) mass is 305 g/mol. The largest absolute Gasteiger partial charge is 0.497 e. The van der Waals surface area contributed by atoms with Crippen molar-refractivity contribution in [2.24, 2.45) is 5.92 Å². The number of carbonyl (C=O) groups is 1. The highest BCUT2D eigenvalue weighted by molar-refractivity contribution is 5.75. The lowest BCUT2D eigenvalue weighted by atomic mass is 9.86. The van der Waals surface area contributed by atoms with Gasteiger partial charge in [-0.05, 0) is 36.6 Å². The molecular formula is C18H27NO3. The van der Waals surface area contributed by atoms with Crippen molar-refractivity contribution in [3.63, 3.8) is 0 Å². The first-order chi connectivity index (χ1) is 10.8. The number of hydrogen-bond acceptors (Lipinski definition) is 3. The molecule has 1 N–H and O–H groups in total. The second-order valence-electron chi connectivity index (χ2n) is 5.92. The van der Waals surface area contributed by atoms with Crippen molar-refractivity contribution in [1.29, 1.82) is 0 Å². The molecule has 1 saturated carbocycles. The molecule has 0 atom stereocenters. The van der Waals surface area contributed by atoms with E-state index in [-0.39, 0.29) is 5.91 Å². The fraction of sp³-hybridized carbons (Fsp3) is 0.611. The van der Waals surface area contributed by atoms with Gasteiger partial charge in [0, 0.05) is 6.42 Å².